The Balaban J connectivity index is 1.74. The molecule has 2 heterocycles. The maximum atomic E-state index is 12.6. The minimum absolute atomic E-state index is 0.00764. The molecule has 1 atom stereocenters. The molecule has 0 fully saturated rings. The quantitative estimate of drug-likeness (QED) is 0.577. The first-order chi connectivity index (χ1) is 14.3. The van der Waals surface area contributed by atoms with Gasteiger partial charge in [-0.3, -0.25) is 9.59 Å². The van der Waals surface area contributed by atoms with Gasteiger partial charge in [-0.25, -0.2) is 12.7 Å². The van der Waals surface area contributed by atoms with E-state index < -0.39 is 10.0 Å². The molecule has 0 aliphatic rings. The summed E-state index contributed by atoms with van der Waals surface area (Å²) in [5.74, 6) is -0.231. The van der Waals surface area contributed by atoms with E-state index in [-0.39, 0.29) is 35.4 Å². The number of pyridine rings is 1. The molecule has 1 amide bonds. The lowest BCUT2D eigenvalue weighted by Crippen LogP contribution is -2.31. The highest BCUT2D eigenvalue weighted by atomic mass is 32.2. The normalized spacial score (nSPS) is 12.6. The predicted octanol–water partition coefficient (Wildman–Crippen LogP) is 2.46. The zero-order valence-corrected chi connectivity index (χ0v) is 18.3. The van der Waals surface area contributed by atoms with Crippen molar-refractivity contribution in [1.29, 1.82) is 0 Å². The van der Waals surface area contributed by atoms with Gasteiger partial charge in [0, 0.05) is 44.2 Å². The largest absolute Gasteiger partial charge is 0.344 e. The number of thiophene rings is 1. The van der Waals surface area contributed by atoms with E-state index in [9.17, 15) is 18.0 Å². The van der Waals surface area contributed by atoms with Gasteiger partial charge in [-0.15, -0.1) is 11.3 Å². The number of sulfonamides is 1. The van der Waals surface area contributed by atoms with Crippen LogP contribution in [0.25, 0.3) is 0 Å². The standard InChI is InChI=1S/C21H23N3O4S2/c1-23(2)30(27,28)17-10-11-20(26)24(15-17)13-12-19(25)22-21(18-9-6-14-29-18)16-7-4-3-5-8-16/h3-11,14-15,21H,12-13H2,1-2H3,(H,22,25)/t21-/m0/s1. The molecule has 0 unspecified atom stereocenters. The number of amides is 1. The van der Waals surface area contributed by atoms with Gasteiger partial charge in [0.05, 0.1) is 10.9 Å². The number of nitrogens with one attached hydrogen (secondary N) is 1. The number of carbonyl (C=O) groups excluding carboxylic acids is 1. The van der Waals surface area contributed by atoms with Gasteiger partial charge in [-0.1, -0.05) is 36.4 Å². The molecule has 0 aliphatic carbocycles. The van der Waals surface area contributed by atoms with Crippen LogP contribution in [0.15, 0.2) is 75.9 Å². The highest BCUT2D eigenvalue weighted by Gasteiger charge is 2.20. The minimum atomic E-state index is -3.66. The molecule has 158 valence electrons. The summed E-state index contributed by atoms with van der Waals surface area (Å²) < 4.78 is 26.9. The lowest BCUT2D eigenvalue weighted by atomic mass is 10.1. The molecule has 0 saturated carbocycles. The van der Waals surface area contributed by atoms with E-state index in [1.165, 1.54) is 37.0 Å². The summed E-state index contributed by atoms with van der Waals surface area (Å²) in [6.07, 6.45) is 1.32. The van der Waals surface area contributed by atoms with Gasteiger partial charge >= 0.3 is 0 Å². The molecule has 0 radical (unpaired) electrons. The number of carbonyl (C=O) groups is 1. The van der Waals surface area contributed by atoms with Crippen LogP contribution in [0.2, 0.25) is 0 Å². The molecule has 3 aromatic rings. The molecule has 30 heavy (non-hydrogen) atoms. The second-order valence-corrected chi connectivity index (χ2v) is 9.99. The molecule has 0 saturated heterocycles. The smallest absolute Gasteiger partial charge is 0.250 e. The third kappa shape index (κ3) is 5.05. The number of aromatic nitrogens is 1. The number of benzene rings is 1. The van der Waals surface area contributed by atoms with Crippen LogP contribution in [0.1, 0.15) is 22.9 Å². The van der Waals surface area contributed by atoms with Gasteiger partial charge in [0.2, 0.25) is 15.9 Å². The molecule has 1 N–H and O–H groups in total. The molecule has 7 nitrogen and oxygen atoms in total. The maximum Gasteiger partial charge on any atom is 0.250 e. The Morgan fingerprint density at radius 1 is 1.10 bits per heavy atom. The average molecular weight is 446 g/mol. The Morgan fingerprint density at radius 2 is 1.83 bits per heavy atom. The monoisotopic (exact) mass is 445 g/mol. The SMILES string of the molecule is CN(C)S(=O)(=O)c1ccc(=O)n(CCC(=O)N[C@@H](c2ccccc2)c2cccs2)c1. The number of nitrogens with zero attached hydrogens (tertiary/aromatic N) is 2. The van der Waals surface area contributed by atoms with Crippen molar-refractivity contribution in [1.82, 2.24) is 14.2 Å². The van der Waals surface area contributed by atoms with Crippen molar-refractivity contribution in [2.24, 2.45) is 0 Å². The van der Waals surface area contributed by atoms with Gasteiger partial charge in [-0.05, 0) is 23.1 Å². The van der Waals surface area contributed by atoms with Crippen LogP contribution >= 0.6 is 11.3 Å². The molecule has 9 heteroatoms. The maximum absolute atomic E-state index is 12.6. The Kier molecular flexibility index (Phi) is 6.86. The Bertz CT molecular complexity index is 1150. The molecular weight excluding hydrogens is 422 g/mol. The Morgan fingerprint density at radius 3 is 2.47 bits per heavy atom. The van der Waals surface area contributed by atoms with Crippen LogP contribution < -0.4 is 10.9 Å². The van der Waals surface area contributed by atoms with Gasteiger partial charge in [0.15, 0.2) is 0 Å². The highest BCUT2D eigenvalue weighted by molar-refractivity contribution is 7.89. The van der Waals surface area contributed by atoms with E-state index in [1.807, 2.05) is 47.8 Å². The average Bonchev–Trinajstić information content (AvgIpc) is 3.26. The van der Waals surface area contributed by atoms with Crippen molar-refractivity contribution in [3.05, 3.63) is 87.0 Å². The first-order valence-corrected chi connectivity index (χ1v) is 11.6. The first-order valence-electron chi connectivity index (χ1n) is 9.30. The third-order valence-electron chi connectivity index (χ3n) is 4.58. The van der Waals surface area contributed by atoms with Crippen LogP contribution in [0.3, 0.4) is 0 Å². The Hall–Kier alpha value is -2.75. The molecule has 3 rings (SSSR count). The fourth-order valence-electron chi connectivity index (χ4n) is 2.92. The number of hydrogen-bond donors (Lipinski definition) is 1. The number of rotatable bonds is 8. The van der Waals surface area contributed by atoms with E-state index in [0.29, 0.717) is 0 Å². The van der Waals surface area contributed by atoms with E-state index in [1.54, 1.807) is 11.3 Å². The first kappa shape index (κ1) is 21.9. The zero-order valence-electron chi connectivity index (χ0n) is 16.7. The van der Waals surface area contributed by atoms with Crippen LogP contribution in [0.4, 0.5) is 0 Å². The fraction of sp³-hybridized carbons (Fsp3) is 0.238. The molecule has 2 aromatic heterocycles. The lowest BCUT2D eigenvalue weighted by molar-refractivity contribution is -0.121. The van der Waals surface area contributed by atoms with E-state index in [2.05, 4.69) is 5.32 Å². The van der Waals surface area contributed by atoms with Crippen LogP contribution in [0, 0.1) is 0 Å². The Labute approximate surface area is 179 Å². The van der Waals surface area contributed by atoms with Crippen molar-refractivity contribution in [2.75, 3.05) is 14.1 Å². The summed E-state index contributed by atoms with van der Waals surface area (Å²) in [5, 5.41) is 4.97. The number of hydrogen-bond acceptors (Lipinski definition) is 5. The minimum Gasteiger partial charge on any atom is -0.344 e. The van der Waals surface area contributed by atoms with Crippen LogP contribution in [0.5, 0.6) is 0 Å². The van der Waals surface area contributed by atoms with E-state index in [4.69, 9.17) is 0 Å². The third-order valence-corrected chi connectivity index (χ3v) is 7.32. The van der Waals surface area contributed by atoms with Crippen molar-refractivity contribution in [2.45, 2.75) is 23.9 Å². The second kappa shape index (κ2) is 9.38. The van der Waals surface area contributed by atoms with E-state index >= 15 is 0 Å². The molecule has 0 bridgehead atoms. The van der Waals surface area contributed by atoms with Crippen molar-refractivity contribution in [3.8, 4) is 0 Å². The molecule has 1 aromatic carbocycles. The number of aryl methyl sites for hydroxylation is 1. The zero-order chi connectivity index (χ0) is 21.7. The summed E-state index contributed by atoms with van der Waals surface area (Å²) in [6.45, 7) is 0.0768. The predicted molar refractivity (Wildman–Crippen MR) is 117 cm³/mol. The second-order valence-electron chi connectivity index (χ2n) is 6.86. The van der Waals surface area contributed by atoms with Gasteiger partial charge in [0.25, 0.3) is 5.56 Å². The van der Waals surface area contributed by atoms with Gasteiger partial charge in [-0.2, -0.15) is 0 Å². The van der Waals surface area contributed by atoms with E-state index in [0.717, 1.165) is 14.7 Å². The summed E-state index contributed by atoms with van der Waals surface area (Å²) >= 11 is 1.55. The van der Waals surface area contributed by atoms with Crippen LogP contribution in [-0.2, 0) is 21.4 Å². The lowest BCUT2D eigenvalue weighted by Gasteiger charge is -2.18. The van der Waals surface area contributed by atoms with Crippen molar-refractivity contribution >= 4 is 27.3 Å². The summed E-state index contributed by atoms with van der Waals surface area (Å²) in [7, 11) is -0.819. The fourth-order valence-corrected chi connectivity index (χ4v) is 4.65. The molecule has 0 spiro atoms. The molecular formula is C21H23N3O4S2. The van der Waals surface area contributed by atoms with Crippen LogP contribution in [-0.4, -0.2) is 37.3 Å². The summed E-state index contributed by atoms with van der Waals surface area (Å²) in [4.78, 5) is 25.8. The van der Waals surface area contributed by atoms with Crippen molar-refractivity contribution < 1.29 is 13.2 Å². The van der Waals surface area contributed by atoms with Gasteiger partial charge < -0.3 is 9.88 Å². The van der Waals surface area contributed by atoms with Gasteiger partial charge in [0.1, 0.15) is 0 Å². The van der Waals surface area contributed by atoms with Crippen molar-refractivity contribution in [3.63, 3.8) is 0 Å². The summed E-state index contributed by atoms with van der Waals surface area (Å²) in [5.41, 5.74) is 0.600. The highest BCUT2D eigenvalue weighted by Crippen LogP contribution is 2.26. The molecule has 0 aliphatic heterocycles. The summed E-state index contributed by atoms with van der Waals surface area (Å²) in [6, 6.07) is 15.7. The topological polar surface area (TPSA) is 88.5 Å².